The zero-order valence-corrected chi connectivity index (χ0v) is 12.0. The second-order valence-corrected chi connectivity index (χ2v) is 4.56. The quantitative estimate of drug-likeness (QED) is 0.395. The minimum absolute atomic E-state index is 0.0748. The van der Waals surface area contributed by atoms with Gasteiger partial charge in [0.15, 0.2) is 5.75 Å². The lowest BCUT2D eigenvalue weighted by Gasteiger charge is -2.05. The molecule has 2 rings (SSSR count). The number of rotatable bonds is 5. The molecule has 0 fully saturated rings. The van der Waals surface area contributed by atoms with Crippen LogP contribution < -0.4 is 4.74 Å². The van der Waals surface area contributed by atoms with Crippen LogP contribution in [0.3, 0.4) is 0 Å². The zero-order chi connectivity index (χ0) is 17.0. The van der Waals surface area contributed by atoms with Crippen LogP contribution in [0.5, 0.6) is 5.75 Å². The molecule has 0 bridgehead atoms. The third kappa shape index (κ3) is 3.70. The molecule has 0 aliphatic carbocycles. The van der Waals surface area contributed by atoms with Crippen molar-refractivity contribution in [3.63, 3.8) is 0 Å². The van der Waals surface area contributed by atoms with Crippen molar-refractivity contribution in [1.82, 2.24) is 0 Å². The summed E-state index contributed by atoms with van der Waals surface area (Å²) in [6.45, 7) is 0. The lowest BCUT2D eigenvalue weighted by Crippen LogP contribution is -2.00. The number of hydrogen-bond donors (Lipinski definition) is 1. The summed E-state index contributed by atoms with van der Waals surface area (Å²) >= 11 is 0. The first kappa shape index (κ1) is 16.2. The number of benzene rings is 2. The first-order valence-electron chi connectivity index (χ1n) is 6.45. The number of carboxylic acids is 1. The highest BCUT2D eigenvalue weighted by molar-refractivity contribution is 6.20. The lowest BCUT2D eigenvalue weighted by atomic mass is 10.0. The standard InChI is InChI=1S/C16H12FNO5/c1-23-15-7-2-10(9-14(15)18(21)22)8-13(16(19)20)11-3-5-12(17)6-4-11/h2-9H,1H3,(H,19,20)/b13-8-. The normalized spacial score (nSPS) is 11.1. The Balaban J connectivity index is 2.52. The van der Waals surface area contributed by atoms with E-state index in [0.29, 0.717) is 5.56 Å². The predicted molar refractivity (Wildman–Crippen MR) is 81.6 cm³/mol. The van der Waals surface area contributed by atoms with Gasteiger partial charge in [0.2, 0.25) is 0 Å². The molecule has 6 nitrogen and oxygen atoms in total. The molecule has 0 aromatic heterocycles. The molecule has 0 radical (unpaired) electrons. The lowest BCUT2D eigenvalue weighted by molar-refractivity contribution is -0.385. The van der Waals surface area contributed by atoms with E-state index in [9.17, 15) is 24.4 Å². The summed E-state index contributed by atoms with van der Waals surface area (Å²) in [7, 11) is 1.30. The summed E-state index contributed by atoms with van der Waals surface area (Å²) in [5.41, 5.74) is 0.228. The van der Waals surface area contributed by atoms with Crippen molar-refractivity contribution < 1.29 is 24.0 Å². The second-order valence-electron chi connectivity index (χ2n) is 4.56. The molecule has 0 spiro atoms. The number of methoxy groups -OCH3 is 1. The minimum Gasteiger partial charge on any atom is -0.490 e. The Morgan fingerprint density at radius 3 is 2.43 bits per heavy atom. The van der Waals surface area contributed by atoms with Crippen LogP contribution in [0.2, 0.25) is 0 Å². The maximum absolute atomic E-state index is 12.9. The minimum atomic E-state index is -1.23. The molecule has 0 atom stereocenters. The molecule has 0 aliphatic rings. The van der Waals surface area contributed by atoms with Gasteiger partial charge >= 0.3 is 11.7 Å². The van der Waals surface area contributed by atoms with E-state index in [1.54, 1.807) is 0 Å². The van der Waals surface area contributed by atoms with Crippen LogP contribution in [0.1, 0.15) is 11.1 Å². The highest BCUT2D eigenvalue weighted by atomic mass is 19.1. The fourth-order valence-corrected chi connectivity index (χ4v) is 2.00. The van der Waals surface area contributed by atoms with E-state index < -0.39 is 16.7 Å². The van der Waals surface area contributed by atoms with Gasteiger partial charge in [-0.25, -0.2) is 9.18 Å². The molecule has 2 aromatic carbocycles. The molecule has 0 saturated heterocycles. The molecule has 2 aromatic rings. The summed E-state index contributed by atoms with van der Waals surface area (Å²) in [4.78, 5) is 21.8. The molecule has 7 heteroatoms. The van der Waals surface area contributed by atoms with Gasteiger partial charge in [0, 0.05) is 6.07 Å². The van der Waals surface area contributed by atoms with Gasteiger partial charge in [-0.15, -0.1) is 0 Å². The molecule has 0 aliphatic heterocycles. The first-order chi connectivity index (χ1) is 10.9. The third-order valence-corrected chi connectivity index (χ3v) is 3.10. The number of ether oxygens (including phenoxy) is 1. The fraction of sp³-hybridized carbons (Fsp3) is 0.0625. The summed E-state index contributed by atoms with van der Waals surface area (Å²) in [5, 5.41) is 20.3. The highest BCUT2D eigenvalue weighted by Gasteiger charge is 2.16. The molecule has 0 saturated carbocycles. The number of nitrogens with zero attached hydrogens (tertiary/aromatic N) is 1. The van der Waals surface area contributed by atoms with Gasteiger partial charge in [0.25, 0.3) is 0 Å². The Hall–Kier alpha value is -3.22. The number of aliphatic carboxylic acids is 1. The molecule has 118 valence electrons. The average Bonchev–Trinajstić information content (AvgIpc) is 2.53. The monoisotopic (exact) mass is 317 g/mol. The van der Waals surface area contributed by atoms with E-state index in [4.69, 9.17) is 4.74 Å². The van der Waals surface area contributed by atoms with Gasteiger partial charge in [0.05, 0.1) is 17.6 Å². The van der Waals surface area contributed by atoms with Crippen molar-refractivity contribution >= 4 is 23.3 Å². The first-order valence-corrected chi connectivity index (χ1v) is 6.45. The van der Waals surface area contributed by atoms with Gasteiger partial charge in [-0.2, -0.15) is 0 Å². The van der Waals surface area contributed by atoms with Crippen molar-refractivity contribution in [3.05, 3.63) is 69.5 Å². The van der Waals surface area contributed by atoms with Crippen LogP contribution in [0, 0.1) is 15.9 Å². The Morgan fingerprint density at radius 1 is 1.26 bits per heavy atom. The number of hydrogen-bond acceptors (Lipinski definition) is 4. The summed E-state index contributed by atoms with van der Waals surface area (Å²) in [6, 6.07) is 9.03. The second kappa shape index (κ2) is 6.69. The fourth-order valence-electron chi connectivity index (χ4n) is 2.00. The molecule has 0 unspecified atom stereocenters. The van der Waals surface area contributed by atoms with Crippen LogP contribution in [-0.4, -0.2) is 23.1 Å². The van der Waals surface area contributed by atoms with E-state index in [2.05, 4.69) is 0 Å². The number of carbonyl (C=O) groups is 1. The Kier molecular flexibility index (Phi) is 4.70. The number of nitro benzene ring substituents is 1. The van der Waals surface area contributed by atoms with Crippen LogP contribution in [0.4, 0.5) is 10.1 Å². The van der Waals surface area contributed by atoms with Gasteiger partial charge in [-0.3, -0.25) is 10.1 Å². The molecule has 0 amide bonds. The molecule has 1 N–H and O–H groups in total. The molecular formula is C16H12FNO5. The molecule has 23 heavy (non-hydrogen) atoms. The smallest absolute Gasteiger partial charge is 0.336 e. The predicted octanol–water partition coefficient (Wildman–Crippen LogP) is 3.37. The van der Waals surface area contributed by atoms with Crippen molar-refractivity contribution in [2.24, 2.45) is 0 Å². The van der Waals surface area contributed by atoms with Crippen LogP contribution >= 0.6 is 0 Å². The van der Waals surface area contributed by atoms with E-state index in [0.717, 1.165) is 12.1 Å². The third-order valence-electron chi connectivity index (χ3n) is 3.10. The van der Waals surface area contributed by atoms with Gasteiger partial charge in [-0.1, -0.05) is 18.2 Å². The molecular weight excluding hydrogens is 305 g/mol. The Labute approximate surface area is 130 Å². The van der Waals surface area contributed by atoms with E-state index in [1.165, 1.54) is 43.5 Å². The Morgan fingerprint density at radius 2 is 1.91 bits per heavy atom. The molecule has 0 heterocycles. The van der Waals surface area contributed by atoms with Crippen LogP contribution in [0.15, 0.2) is 42.5 Å². The maximum Gasteiger partial charge on any atom is 0.336 e. The summed E-state index contributed by atoms with van der Waals surface area (Å²) in [6.07, 6.45) is 1.28. The van der Waals surface area contributed by atoms with Crippen molar-refractivity contribution in [2.45, 2.75) is 0 Å². The summed E-state index contributed by atoms with van der Waals surface area (Å²) < 4.78 is 17.8. The van der Waals surface area contributed by atoms with Crippen LogP contribution in [-0.2, 0) is 4.79 Å². The average molecular weight is 317 g/mol. The number of halogens is 1. The highest BCUT2D eigenvalue weighted by Crippen LogP contribution is 2.29. The van der Waals surface area contributed by atoms with Gasteiger partial charge in [0.1, 0.15) is 5.82 Å². The van der Waals surface area contributed by atoms with E-state index in [1.807, 2.05) is 0 Å². The van der Waals surface area contributed by atoms with Crippen molar-refractivity contribution in [1.29, 1.82) is 0 Å². The van der Waals surface area contributed by atoms with Gasteiger partial charge < -0.3 is 9.84 Å². The Bertz CT molecular complexity index is 784. The largest absolute Gasteiger partial charge is 0.490 e. The number of nitro groups is 1. The van der Waals surface area contributed by atoms with Crippen molar-refractivity contribution in [2.75, 3.05) is 7.11 Å². The van der Waals surface area contributed by atoms with Crippen molar-refractivity contribution in [3.8, 4) is 5.75 Å². The number of carboxylic acid groups (broad SMARTS) is 1. The SMILES string of the molecule is COc1ccc(/C=C(\C(=O)O)c2ccc(F)cc2)cc1[N+](=O)[O-]. The topological polar surface area (TPSA) is 89.7 Å². The van der Waals surface area contributed by atoms with E-state index in [-0.39, 0.29) is 22.6 Å². The van der Waals surface area contributed by atoms with E-state index >= 15 is 0 Å². The maximum atomic E-state index is 12.9. The summed E-state index contributed by atoms with van der Waals surface area (Å²) in [5.74, 6) is -1.64. The zero-order valence-electron chi connectivity index (χ0n) is 12.0. The van der Waals surface area contributed by atoms with Gasteiger partial charge in [-0.05, 0) is 35.4 Å². The van der Waals surface area contributed by atoms with Crippen LogP contribution in [0.25, 0.3) is 11.6 Å².